The molecule has 1 aromatic rings. The molecule has 0 amide bonds. The first-order valence-electron chi connectivity index (χ1n) is 6.13. The number of aryl methyl sites for hydroxylation is 1. The predicted molar refractivity (Wildman–Crippen MR) is 70.7 cm³/mol. The van der Waals surface area contributed by atoms with Crippen LogP contribution in [0.25, 0.3) is 0 Å². The van der Waals surface area contributed by atoms with Crippen LogP contribution >= 0.6 is 0 Å². The first-order valence-corrected chi connectivity index (χ1v) is 6.13. The molecule has 1 aliphatic heterocycles. The van der Waals surface area contributed by atoms with Gasteiger partial charge in [0.1, 0.15) is 0 Å². The van der Waals surface area contributed by atoms with Crippen molar-refractivity contribution in [2.24, 2.45) is 11.5 Å². The van der Waals surface area contributed by atoms with Gasteiger partial charge < -0.3 is 25.8 Å². The number of benzene rings is 1. The van der Waals surface area contributed by atoms with E-state index in [0.717, 1.165) is 24.6 Å². The molecule has 2 rings (SSSR count). The molecule has 1 heterocycles. The molecular weight excluding hydrogens is 230 g/mol. The van der Waals surface area contributed by atoms with Gasteiger partial charge in [-0.2, -0.15) is 0 Å². The molecule has 1 aromatic carbocycles. The number of likely N-dealkylation sites (N-methyl/N-ethyl adjacent to an activating group) is 1. The number of fused-ring (bicyclic) bond motifs is 1. The highest BCUT2D eigenvalue weighted by Crippen LogP contribution is 2.34. The van der Waals surface area contributed by atoms with Crippen LogP contribution in [0.1, 0.15) is 11.1 Å². The fraction of sp³-hybridized carbons (Fsp3) is 0.538. The minimum Gasteiger partial charge on any atom is -0.454 e. The molecule has 1 unspecified atom stereocenters. The zero-order chi connectivity index (χ0) is 13.1. The van der Waals surface area contributed by atoms with Gasteiger partial charge in [0, 0.05) is 25.7 Å². The van der Waals surface area contributed by atoms with Gasteiger partial charge in [0.2, 0.25) is 6.79 Å². The smallest absolute Gasteiger partial charge is 0.231 e. The fourth-order valence-corrected chi connectivity index (χ4v) is 2.09. The number of hydrogen-bond donors (Lipinski definition) is 2. The van der Waals surface area contributed by atoms with Gasteiger partial charge in [-0.3, -0.25) is 0 Å². The molecule has 0 aliphatic carbocycles. The molecule has 1 atom stereocenters. The van der Waals surface area contributed by atoms with Crippen LogP contribution < -0.4 is 20.9 Å². The molecule has 5 nitrogen and oxygen atoms in total. The summed E-state index contributed by atoms with van der Waals surface area (Å²) in [5.74, 6) is 1.66. The van der Waals surface area contributed by atoms with E-state index in [-0.39, 0.29) is 6.04 Å². The van der Waals surface area contributed by atoms with E-state index in [0.29, 0.717) is 13.3 Å². The predicted octanol–water partition coefficient (Wildman–Crippen LogP) is 0.442. The zero-order valence-electron chi connectivity index (χ0n) is 11.0. The fourth-order valence-electron chi connectivity index (χ4n) is 2.09. The van der Waals surface area contributed by atoms with Gasteiger partial charge >= 0.3 is 0 Å². The van der Waals surface area contributed by atoms with Crippen LogP contribution in [0.3, 0.4) is 0 Å². The van der Waals surface area contributed by atoms with E-state index in [9.17, 15) is 0 Å². The van der Waals surface area contributed by atoms with Gasteiger partial charge in [0.05, 0.1) is 0 Å². The number of hydrogen-bond acceptors (Lipinski definition) is 5. The molecule has 0 saturated heterocycles. The molecule has 0 radical (unpaired) electrons. The zero-order valence-corrected chi connectivity index (χ0v) is 11.0. The lowest BCUT2D eigenvalue weighted by Gasteiger charge is -2.21. The van der Waals surface area contributed by atoms with E-state index in [2.05, 4.69) is 11.8 Å². The Morgan fingerprint density at radius 3 is 2.67 bits per heavy atom. The Labute approximate surface area is 108 Å². The Hall–Kier alpha value is -1.30. The first-order chi connectivity index (χ1) is 8.60. The van der Waals surface area contributed by atoms with Gasteiger partial charge in [-0.05, 0) is 37.2 Å². The van der Waals surface area contributed by atoms with Crippen molar-refractivity contribution >= 4 is 0 Å². The van der Waals surface area contributed by atoms with Gasteiger partial charge in [-0.25, -0.2) is 0 Å². The summed E-state index contributed by atoms with van der Waals surface area (Å²) in [4.78, 5) is 2.17. The average Bonchev–Trinajstić information content (AvgIpc) is 2.76. The summed E-state index contributed by atoms with van der Waals surface area (Å²) in [5.41, 5.74) is 13.8. The maximum absolute atomic E-state index is 5.84. The van der Waals surface area contributed by atoms with E-state index in [4.69, 9.17) is 20.9 Å². The topological polar surface area (TPSA) is 73.7 Å². The highest BCUT2D eigenvalue weighted by Gasteiger charge is 2.16. The summed E-state index contributed by atoms with van der Waals surface area (Å²) < 4.78 is 10.7. The minimum atomic E-state index is 0.0179. The Kier molecular flexibility index (Phi) is 4.06. The second kappa shape index (κ2) is 5.56. The Balaban J connectivity index is 2.05. The van der Waals surface area contributed by atoms with E-state index < -0.39 is 0 Å². The van der Waals surface area contributed by atoms with Crippen LogP contribution in [0.2, 0.25) is 0 Å². The van der Waals surface area contributed by atoms with Crippen LogP contribution in [0.4, 0.5) is 0 Å². The molecule has 0 spiro atoms. The largest absolute Gasteiger partial charge is 0.454 e. The second-order valence-electron chi connectivity index (χ2n) is 4.82. The second-order valence-corrected chi connectivity index (χ2v) is 4.82. The van der Waals surface area contributed by atoms with Crippen molar-refractivity contribution in [3.8, 4) is 11.5 Å². The molecule has 5 heteroatoms. The summed E-state index contributed by atoms with van der Waals surface area (Å²) in [6.07, 6.45) is 0. The average molecular weight is 251 g/mol. The normalized spacial score (nSPS) is 15.2. The molecule has 100 valence electrons. The Bertz CT molecular complexity index is 423. The Morgan fingerprint density at radius 2 is 2.00 bits per heavy atom. The third-order valence-electron chi connectivity index (χ3n) is 3.12. The molecule has 1 aliphatic rings. The van der Waals surface area contributed by atoms with E-state index >= 15 is 0 Å². The summed E-state index contributed by atoms with van der Waals surface area (Å²) in [7, 11) is 2.04. The maximum atomic E-state index is 5.84. The lowest BCUT2D eigenvalue weighted by molar-refractivity contribution is 0.174. The van der Waals surface area contributed by atoms with Crippen molar-refractivity contribution in [3.63, 3.8) is 0 Å². The van der Waals surface area contributed by atoms with Crippen molar-refractivity contribution in [2.45, 2.75) is 19.5 Å². The van der Waals surface area contributed by atoms with Crippen molar-refractivity contribution in [3.05, 3.63) is 23.3 Å². The summed E-state index contributed by atoms with van der Waals surface area (Å²) >= 11 is 0. The number of ether oxygens (including phenoxy) is 2. The standard InChI is InChI=1S/C13H21N3O2/c1-9-3-12-13(18-8-17-12)4-10(9)6-16(2)7-11(15)5-14/h3-4,11H,5-8,14-15H2,1-2H3. The van der Waals surface area contributed by atoms with Crippen LogP contribution in [0.5, 0.6) is 11.5 Å². The van der Waals surface area contributed by atoms with Gasteiger partial charge in [0.25, 0.3) is 0 Å². The third kappa shape index (κ3) is 2.93. The van der Waals surface area contributed by atoms with Crippen LogP contribution in [-0.4, -0.2) is 37.9 Å². The SMILES string of the molecule is Cc1cc2c(cc1CN(C)CC(N)CN)OCO2. The van der Waals surface area contributed by atoms with E-state index in [1.807, 2.05) is 19.2 Å². The molecule has 0 saturated carbocycles. The van der Waals surface area contributed by atoms with Crippen molar-refractivity contribution in [1.82, 2.24) is 4.90 Å². The maximum Gasteiger partial charge on any atom is 0.231 e. The van der Waals surface area contributed by atoms with Crippen molar-refractivity contribution < 1.29 is 9.47 Å². The highest BCUT2D eigenvalue weighted by molar-refractivity contribution is 5.48. The number of nitrogens with two attached hydrogens (primary N) is 2. The van der Waals surface area contributed by atoms with Crippen molar-refractivity contribution in [2.75, 3.05) is 26.9 Å². The van der Waals surface area contributed by atoms with Crippen molar-refractivity contribution in [1.29, 1.82) is 0 Å². The molecule has 4 N–H and O–H groups in total. The third-order valence-corrected chi connectivity index (χ3v) is 3.12. The lowest BCUT2D eigenvalue weighted by Crippen LogP contribution is -2.40. The summed E-state index contributed by atoms with van der Waals surface area (Å²) in [5, 5.41) is 0. The lowest BCUT2D eigenvalue weighted by atomic mass is 10.1. The Morgan fingerprint density at radius 1 is 1.33 bits per heavy atom. The number of nitrogens with zero attached hydrogens (tertiary/aromatic N) is 1. The monoisotopic (exact) mass is 251 g/mol. The molecule has 0 bridgehead atoms. The van der Waals surface area contributed by atoms with E-state index in [1.165, 1.54) is 11.1 Å². The molecule has 0 fully saturated rings. The quantitative estimate of drug-likeness (QED) is 0.794. The number of rotatable bonds is 5. The van der Waals surface area contributed by atoms with Crippen LogP contribution in [0.15, 0.2) is 12.1 Å². The minimum absolute atomic E-state index is 0.0179. The molecule has 18 heavy (non-hydrogen) atoms. The molecular formula is C13H21N3O2. The van der Waals surface area contributed by atoms with Gasteiger partial charge in [0.15, 0.2) is 11.5 Å². The first kappa shape index (κ1) is 13.1. The highest BCUT2D eigenvalue weighted by atomic mass is 16.7. The van der Waals surface area contributed by atoms with E-state index in [1.54, 1.807) is 0 Å². The van der Waals surface area contributed by atoms with Gasteiger partial charge in [-0.15, -0.1) is 0 Å². The van der Waals surface area contributed by atoms with Gasteiger partial charge in [-0.1, -0.05) is 0 Å². The molecule has 0 aromatic heterocycles. The summed E-state index contributed by atoms with van der Waals surface area (Å²) in [6.45, 7) is 4.51. The van der Waals surface area contributed by atoms with Crippen LogP contribution in [-0.2, 0) is 6.54 Å². The summed E-state index contributed by atoms with van der Waals surface area (Å²) in [6, 6.07) is 4.08. The van der Waals surface area contributed by atoms with Crippen LogP contribution in [0, 0.1) is 6.92 Å².